The molecule has 1 aliphatic rings. The van der Waals surface area contributed by atoms with Crippen molar-refractivity contribution in [3.05, 3.63) is 50.9 Å². The molecule has 2 aromatic heterocycles. The van der Waals surface area contributed by atoms with Gasteiger partial charge in [-0.2, -0.15) is 0 Å². The van der Waals surface area contributed by atoms with Crippen molar-refractivity contribution in [3.8, 4) is 11.4 Å². The predicted octanol–water partition coefficient (Wildman–Crippen LogP) is 2.87. The van der Waals surface area contributed by atoms with Crippen LogP contribution in [0, 0.1) is 5.82 Å². The summed E-state index contributed by atoms with van der Waals surface area (Å²) < 4.78 is 15.7. The van der Waals surface area contributed by atoms with Gasteiger partial charge in [-0.15, -0.1) is 11.8 Å². The number of hydrogen-bond acceptors (Lipinski definition) is 5. The van der Waals surface area contributed by atoms with Crippen LogP contribution in [-0.2, 0) is 14.1 Å². The highest BCUT2D eigenvalue weighted by molar-refractivity contribution is 8.00. The molecule has 0 spiro atoms. The topological polar surface area (TPSA) is 69.8 Å². The fraction of sp³-hybridized carbons (Fsp3) is 0.368. The average Bonchev–Trinajstić information content (AvgIpc) is 3.17. The summed E-state index contributed by atoms with van der Waals surface area (Å²) in [6.45, 7) is 0. The quantitative estimate of drug-likeness (QED) is 0.648. The molecule has 0 bridgehead atoms. The van der Waals surface area contributed by atoms with Gasteiger partial charge >= 0.3 is 5.69 Å². The van der Waals surface area contributed by atoms with E-state index < -0.39 is 5.69 Å². The van der Waals surface area contributed by atoms with Crippen molar-refractivity contribution in [2.75, 3.05) is 0 Å². The fourth-order valence-electron chi connectivity index (χ4n) is 3.41. The van der Waals surface area contributed by atoms with E-state index >= 15 is 0 Å². The zero-order chi connectivity index (χ0) is 19.1. The van der Waals surface area contributed by atoms with Crippen LogP contribution in [-0.4, -0.2) is 24.4 Å². The number of thioether (sulfide) groups is 1. The lowest BCUT2D eigenvalue weighted by atomic mass is 10.2. The second-order valence-electron chi connectivity index (χ2n) is 6.79. The number of benzene rings is 1. The van der Waals surface area contributed by atoms with E-state index in [1.807, 2.05) is 0 Å². The minimum absolute atomic E-state index is 0.304. The lowest BCUT2D eigenvalue weighted by Gasteiger charge is -2.14. The Balaban J connectivity index is 1.99. The van der Waals surface area contributed by atoms with Crippen LogP contribution in [0.2, 0.25) is 0 Å². The zero-order valence-electron chi connectivity index (χ0n) is 15.1. The van der Waals surface area contributed by atoms with Gasteiger partial charge in [-0.3, -0.25) is 13.9 Å². The van der Waals surface area contributed by atoms with Gasteiger partial charge in [0.25, 0.3) is 5.56 Å². The van der Waals surface area contributed by atoms with Gasteiger partial charge in [0, 0.05) is 24.9 Å². The van der Waals surface area contributed by atoms with Crippen molar-refractivity contribution in [1.82, 2.24) is 19.1 Å². The first kappa shape index (κ1) is 17.9. The number of aryl methyl sites for hydroxylation is 1. The Morgan fingerprint density at radius 2 is 1.70 bits per heavy atom. The van der Waals surface area contributed by atoms with Crippen molar-refractivity contribution in [1.29, 1.82) is 0 Å². The molecular weight excluding hydrogens is 367 g/mol. The molecular formula is C19H19FN4O2S. The molecule has 27 heavy (non-hydrogen) atoms. The van der Waals surface area contributed by atoms with Crippen molar-refractivity contribution >= 4 is 22.8 Å². The van der Waals surface area contributed by atoms with E-state index in [0.717, 1.165) is 17.4 Å². The van der Waals surface area contributed by atoms with Gasteiger partial charge < -0.3 is 0 Å². The fourth-order valence-corrected chi connectivity index (χ4v) is 4.73. The summed E-state index contributed by atoms with van der Waals surface area (Å²) in [5, 5.41) is 1.34. The molecule has 0 saturated heterocycles. The maximum Gasteiger partial charge on any atom is 0.332 e. The Hall–Kier alpha value is -2.48. The number of hydrogen-bond donors (Lipinski definition) is 0. The first-order valence-electron chi connectivity index (χ1n) is 8.86. The van der Waals surface area contributed by atoms with Crippen molar-refractivity contribution in [2.45, 2.75) is 36.0 Å². The molecule has 1 saturated carbocycles. The van der Waals surface area contributed by atoms with Gasteiger partial charge in [-0.1, -0.05) is 12.8 Å². The van der Waals surface area contributed by atoms with E-state index in [2.05, 4.69) is 9.97 Å². The Morgan fingerprint density at radius 1 is 1.04 bits per heavy atom. The third-order valence-corrected chi connectivity index (χ3v) is 6.27. The molecule has 4 rings (SSSR count). The van der Waals surface area contributed by atoms with Crippen LogP contribution in [0.4, 0.5) is 4.39 Å². The summed E-state index contributed by atoms with van der Waals surface area (Å²) in [6.07, 6.45) is 4.49. The third-order valence-electron chi connectivity index (χ3n) is 4.95. The standard InChI is InChI=1S/C19H19FN4O2S/c1-23-16-14(18(25)24(2)19(23)26)17(27-13-5-3-4-6-13)22-15(21-16)11-7-9-12(20)10-8-11/h7-10,13H,3-6H2,1-2H3. The van der Waals surface area contributed by atoms with Crippen molar-refractivity contribution in [3.63, 3.8) is 0 Å². The molecule has 2 heterocycles. The highest BCUT2D eigenvalue weighted by atomic mass is 32.2. The van der Waals surface area contributed by atoms with Gasteiger partial charge in [0.2, 0.25) is 0 Å². The number of fused-ring (bicyclic) bond motifs is 1. The van der Waals surface area contributed by atoms with E-state index in [1.54, 1.807) is 30.9 Å². The molecule has 1 aromatic carbocycles. The molecule has 0 unspecified atom stereocenters. The van der Waals surface area contributed by atoms with E-state index in [-0.39, 0.29) is 11.4 Å². The molecule has 3 aromatic rings. The Kier molecular flexibility index (Phi) is 4.59. The molecule has 140 valence electrons. The second kappa shape index (κ2) is 6.92. The van der Waals surface area contributed by atoms with Crippen LogP contribution < -0.4 is 11.2 Å². The predicted molar refractivity (Wildman–Crippen MR) is 104 cm³/mol. The summed E-state index contributed by atoms with van der Waals surface area (Å²) in [4.78, 5) is 34.3. The lowest BCUT2D eigenvalue weighted by molar-refractivity contribution is 0.628. The lowest BCUT2D eigenvalue weighted by Crippen LogP contribution is -2.37. The monoisotopic (exact) mass is 386 g/mol. The van der Waals surface area contributed by atoms with Crippen LogP contribution >= 0.6 is 11.8 Å². The van der Waals surface area contributed by atoms with Crippen molar-refractivity contribution in [2.24, 2.45) is 14.1 Å². The molecule has 0 amide bonds. The summed E-state index contributed by atoms with van der Waals surface area (Å²) in [5.74, 6) is 0.0348. The normalized spacial score (nSPS) is 14.9. The smallest absolute Gasteiger partial charge is 0.280 e. The first-order valence-corrected chi connectivity index (χ1v) is 9.74. The minimum atomic E-state index is -0.437. The molecule has 0 aliphatic heterocycles. The van der Waals surface area contributed by atoms with Crippen molar-refractivity contribution < 1.29 is 4.39 Å². The molecule has 0 radical (unpaired) electrons. The summed E-state index contributed by atoms with van der Waals surface area (Å²) in [5.41, 5.74) is 0.116. The Bertz CT molecular complexity index is 1130. The largest absolute Gasteiger partial charge is 0.332 e. The molecule has 0 atom stereocenters. The van der Waals surface area contributed by atoms with Gasteiger partial charge in [-0.25, -0.2) is 19.2 Å². The van der Waals surface area contributed by atoms with Gasteiger partial charge in [0.1, 0.15) is 16.2 Å². The van der Waals surface area contributed by atoms with E-state index in [1.165, 1.54) is 36.6 Å². The van der Waals surface area contributed by atoms with E-state index in [9.17, 15) is 14.0 Å². The summed E-state index contributed by atoms with van der Waals surface area (Å²) in [7, 11) is 3.05. The Morgan fingerprint density at radius 3 is 2.37 bits per heavy atom. The third kappa shape index (κ3) is 3.18. The second-order valence-corrected chi connectivity index (χ2v) is 8.08. The van der Waals surface area contributed by atoms with Gasteiger partial charge in [-0.05, 0) is 37.1 Å². The number of halogens is 1. The average molecular weight is 386 g/mol. The maximum atomic E-state index is 13.3. The van der Waals surface area contributed by atoms with Crippen LogP contribution in [0.3, 0.4) is 0 Å². The number of nitrogens with zero attached hydrogens (tertiary/aromatic N) is 4. The molecule has 1 aliphatic carbocycles. The highest BCUT2D eigenvalue weighted by Gasteiger charge is 2.23. The highest BCUT2D eigenvalue weighted by Crippen LogP contribution is 2.36. The van der Waals surface area contributed by atoms with Crippen LogP contribution in [0.5, 0.6) is 0 Å². The molecule has 0 N–H and O–H groups in total. The first-order chi connectivity index (χ1) is 13.0. The van der Waals surface area contributed by atoms with Crippen LogP contribution in [0.15, 0.2) is 38.9 Å². The molecule has 1 fully saturated rings. The number of aromatic nitrogens is 4. The van der Waals surface area contributed by atoms with Gasteiger partial charge in [0.15, 0.2) is 11.5 Å². The van der Waals surface area contributed by atoms with Crippen LogP contribution in [0.25, 0.3) is 22.4 Å². The molecule has 6 nitrogen and oxygen atoms in total. The van der Waals surface area contributed by atoms with Gasteiger partial charge in [0.05, 0.1) is 0 Å². The SMILES string of the molecule is Cn1c(=O)c2c(SC3CCCC3)nc(-c3ccc(F)cc3)nc2n(C)c1=O. The summed E-state index contributed by atoms with van der Waals surface area (Å²) in [6, 6.07) is 5.88. The maximum absolute atomic E-state index is 13.3. The zero-order valence-corrected chi connectivity index (χ0v) is 15.9. The van der Waals surface area contributed by atoms with Crippen LogP contribution in [0.1, 0.15) is 25.7 Å². The van der Waals surface area contributed by atoms with E-state index in [4.69, 9.17) is 0 Å². The Labute approximate surface area is 159 Å². The van der Waals surface area contributed by atoms with E-state index in [0.29, 0.717) is 32.7 Å². The molecule has 8 heteroatoms. The number of rotatable bonds is 3. The minimum Gasteiger partial charge on any atom is -0.280 e. The summed E-state index contributed by atoms with van der Waals surface area (Å²) >= 11 is 1.58.